The molecule has 1 aliphatic rings. The molecule has 1 atom stereocenters. The van der Waals surface area contributed by atoms with Crippen LogP contribution in [0.25, 0.3) is 0 Å². The predicted molar refractivity (Wildman–Crippen MR) is 66.3 cm³/mol. The number of piperidine rings is 1. The summed E-state index contributed by atoms with van der Waals surface area (Å²) in [6, 6.07) is -0.806. The second-order valence-electron chi connectivity index (χ2n) is 4.51. The van der Waals surface area contributed by atoms with Crippen LogP contribution in [-0.2, 0) is 14.3 Å². The zero-order valence-corrected chi connectivity index (χ0v) is 10.8. The van der Waals surface area contributed by atoms with Crippen LogP contribution in [0.4, 0.5) is 0 Å². The summed E-state index contributed by atoms with van der Waals surface area (Å²) in [5, 5.41) is 14.6. The molecule has 104 valence electrons. The first-order valence-corrected chi connectivity index (χ1v) is 6.48. The van der Waals surface area contributed by atoms with Gasteiger partial charge in [-0.15, -0.1) is 0 Å². The van der Waals surface area contributed by atoms with Crippen LogP contribution in [0.1, 0.15) is 32.6 Å². The number of carboxylic acid groups (broad SMARTS) is 1. The molecule has 0 aliphatic carbocycles. The number of carbonyl (C=O) groups excluding carboxylic acids is 1. The molecule has 1 heterocycles. The van der Waals surface area contributed by atoms with Gasteiger partial charge in [-0.1, -0.05) is 13.3 Å². The Morgan fingerprint density at radius 3 is 2.67 bits per heavy atom. The molecule has 6 nitrogen and oxygen atoms in total. The summed E-state index contributed by atoms with van der Waals surface area (Å²) in [6.07, 6.45) is 3.04. The van der Waals surface area contributed by atoms with Gasteiger partial charge < -0.3 is 20.5 Å². The third kappa shape index (κ3) is 5.46. The Balaban J connectivity index is 2.24. The van der Waals surface area contributed by atoms with Crippen molar-refractivity contribution in [2.75, 3.05) is 19.7 Å². The van der Waals surface area contributed by atoms with E-state index in [9.17, 15) is 9.59 Å². The summed E-state index contributed by atoms with van der Waals surface area (Å²) in [5.74, 6) is -1.35. The predicted octanol–water partition coefficient (Wildman–Crippen LogP) is 0.125. The number of hydrogen-bond acceptors (Lipinski definition) is 4. The summed E-state index contributed by atoms with van der Waals surface area (Å²) in [6.45, 7) is 3.63. The first kappa shape index (κ1) is 14.9. The summed E-state index contributed by atoms with van der Waals surface area (Å²) >= 11 is 0. The van der Waals surface area contributed by atoms with Gasteiger partial charge in [0.2, 0.25) is 5.91 Å². The Kier molecular flexibility index (Phi) is 6.67. The van der Waals surface area contributed by atoms with Crippen molar-refractivity contribution in [3.63, 3.8) is 0 Å². The lowest BCUT2D eigenvalue weighted by Gasteiger charge is -2.23. The number of aliphatic carboxylic acids is 1. The molecule has 1 fully saturated rings. The van der Waals surface area contributed by atoms with E-state index < -0.39 is 12.0 Å². The maximum Gasteiger partial charge on any atom is 0.326 e. The van der Waals surface area contributed by atoms with E-state index in [1.165, 1.54) is 0 Å². The van der Waals surface area contributed by atoms with Crippen molar-refractivity contribution in [2.24, 2.45) is 0 Å². The smallest absolute Gasteiger partial charge is 0.326 e. The quantitative estimate of drug-likeness (QED) is 0.604. The van der Waals surface area contributed by atoms with Crippen molar-refractivity contribution >= 4 is 11.9 Å². The van der Waals surface area contributed by atoms with Crippen LogP contribution in [0.2, 0.25) is 0 Å². The molecule has 0 spiro atoms. The van der Waals surface area contributed by atoms with Crippen LogP contribution >= 0.6 is 0 Å². The molecule has 0 radical (unpaired) electrons. The van der Waals surface area contributed by atoms with Crippen LogP contribution < -0.4 is 10.6 Å². The number of carbonyl (C=O) groups is 2. The molecule has 1 amide bonds. The second-order valence-corrected chi connectivity index (χ2v) is 4.51. The number of nitrogens with one attached hydrogen (secondary N) is 2. The fourth-order valence-electron chi connectivity index (χ4n) is 1.94. The average molecular weight is 258 g/mol. The molecule has 0 aromatic carbocycles. The minimum atomic E-state index is -0.993. The van der Waals surface area contributed by atoms with Gasteiger partial charge >= 0.3 is 5.97 Å². The van der Waals surface area contributed by atoms with Gasteiger partial charge in [0, 0.05) is 0 Å². The third-order valence-electron chi connectivity index (χ3n) is 2.95. The lowest BCUT2D eigenvalue weighted by atomic mass is 10.1. The highest BCUT2D eigenvalue weighted by Gasteiger charge is 2.20. The van der Waals surface area contributed by atoms with E-state index in [4.69, 9.17) is 9.84 Å². The Morgan fingerprint density at radius 2 is 2.11 bits per heavy atom. The van der Waals surface area contributed by atoms with E-state index in [2.05, 4.69) is 10.6 Å². The van der Waals surface area contributed by atoms with Gasteiger partial charge in [0.15, 0.2) is 0 Å². The first-order chi connectivity index (χ1) is 8.63. The Hall–Kier alpha value is -1.14. The maximum absolute atomic E-state index is 11.6. The van der Waals surface area contributed by atoms with E-state index in [0.29, 0.717) is 12.8 Å². The van der Waals surface area contributed by atoms with E-state index in [1.807, 2.05) is 6.92 Å². The minimum Gasteiger partial charge on any atom is -0.480 e. The number of carboxylic acids is 1. The molecular formula is C12H22N2O4. The Bertz CT molecular complexity index is 277. The van der Waals surface area contributed by atoms with Gasteiger partial charge in [-0.05, 0) is 32.4 Å². The van der Waals surface area contributed by atoms with Crippen LogP contribution in [0.15, 0.2) is 0 Å². The molecule has 0 unspecified atom stereocenters. The zero-order valence-electron chi connectivity index (χ0n) is 10.8. The Morgan fingerprint density at radius 1 is 1.44 bits per heavy atom. The van der Waals surface area contributed by atoms with E-state index >= 15 is 0 Å². The fraction of sp³-hybridized carbons (Fsp3) is 0.833. The van der Waals surface area contributed by atoms with Gasteiger partial charge in [0.25, 0.3) is 0 Å². The van der Waals surface area contributed by atoms with Crippen molar-refractivity contribution in [1.82, 2.24) is 10.6 Å². The molecule has 0 saturated carbocycles. The van der Waals surface area contributed by atoms with Gasteiger partial charge in [0.05, 0.1) is 6.10 Å². The lowest BCUT2D eigenvalue weighted by Crippen LogP contribution is -2.43. The van der Waals surface area contributed by atoms with E-state index in [-0.39, 0.29) is 18.6 Å². The van der Waals surface area contributed by atoms with Gasteiger partial charge in [-0.3, -0.25) is 4.79 Å². The Labute approximate surface area is 107 Å². The first-order valence-electron chi connectivity index (χ1n) is 6.48. The SMILES string of the molecule is CCC[C@H](NC(=O)COC1CCNCC1)C(=O)O. The highest BCUT2D eigenvalue weighted by atomic mass is 16.5. The zero-order chi connectivity index (χ0) is 13.4. The number of rotatable bonds is 7. The van der Waals surface area contributed by atoms with Crippen molar-refractivity contribution in [1.29, 1.82) is 0 Å². The number of amides is 1. The molecule has 6 heteroatoms. The van der Waals surface area contributed by atoms with Crippen LogP contribution in [0, 0.1) is 0 Å². The van der Waals surface area contributed by atoms with E-state index in [1.54, 1.807) is 0 Å². The summed E-state index contributed by atoms with van der Waals surface area (Å²) in [7, 11) is 0. The maximum atomic E-state index is 11.6. The van der Waals surface area contributed by atoms with Crippen molar-refractivity contribution < 1.29 is 19.4 Å². The summed E-state index contributed by atoms with van der Waals surface area (Å²) < 4.78 is 5.46. The van der Waals surface area contributed by atoms with E-state index in [0.717, 1.165) is 25.9 Å². The number of ether oxygens (including phenoxy) is 1. The van der Waals surface area contributed by atoms with Crippen molar-refractivity contribution in [3.05, 3.63) is 0 Å². The van der Waals surface area contributed by atoms with Crippen molar-refractivity contribution in [2.45, 2.75) is 44.8 Å². The molecule has 18 heavy (non-hydrogen) atoms. The molecule has 1 saturated heterocycles. The van der Waals surface area contributed by atoms with Gasteiger partial charge in [-0.25, -0.2) is 4.79 Å². The largest absolute Gasteiger partial charge is 0.480 e. The molecule has 1 rings (SSSR count). The molecule has 3 N–H and O–H groups in total. The van der Waals surface area contributed by atoms with Crippen LogP contribution in [0.5, 0.6) is 0 Å². The van der Waals surface area contributed by atoms with Crippen LogP contribution in [0.3, 0.4) is 0 Å². The molecule has 0 aromatic heterocycles. The second kappa shape index (κ2) is 8.05. The van der Waals surface area contributed by atoms with Crippen LogP contribution in [-0.4, -0.2) is 48.8 Å². The fourth-order valence-corrected chi connectivity index (χ4v) is 1.94. The molecular weight excluding hydrogens is 236 g/mol. The molecule has 1 aliphatic heterocycles. The normalized spacial score (nSPS) is 18.3. The molecule has 0 aromatic rings. The lowest BCUT2D eigenvalue weighted by molar-refractivity contribution is -0.143. The summed E-state index contributed by atoms with van der Waals surface area (Å²) in [5.41, 5.74) is 0. The van der Waals surface area contributed by atoms with Gasteiger partial charge in [0.1, 0.15) is 12.6 Å². The minimum absolute atomic E-state index is 0.0574. The standard InChI is InChI=1S/C12H22N2O4/c1-2-3-10(12(16)17)14-11(15)8-18-9-4-6-13-7-5-9/h9-10,13H,2-8H2,1H3,(H,14,15)(H,16,17)/t10-/m0/s1. The number of hydrogen-bond donors (Lipinski definition) is 3. The average Bonchev–Trinajstić information content (AvgIpc) is 2.37. The van der Waals surface area contributed by atoms with Crippen molar-refractivity contribution in [3.8, 4) is 0 Å². The molecule has 0 bridgehead atoms. The topological polar surface area (TPSA) is 87.7 Å². The highest BCUT2D eigenvalue weighted by molar-refractivity contribution is 5.84. The van der Waals surface area contributed by atoms with Gasteiger partial charge in [-0.2, -0.15) is 0 Å². The monoisotopic (exact) mass is 258 g/mol. The third-order valence-corrected chi connectivity index (χ3v) is 2.95. The highest BCUT2D eigenvalue weighted by Crippen LogP contribution is 2.06. The summed E-state index contributed by atoms with van der Waals surface area (Å²) in [4.78, 5) is 22.4.